The van der Waals surface area contributed by atoms with Crippen molar-refractivity contribution >= 4 is 21.9 Å². The number of ether oxygens (including phenoxy) is 1. The molecule has 2 rings (SSSR count). The first-order chi connectivity index (χ1) is 7.66. The lowest BCUT2D eigenvalue weighted by Gasteiger charge is -2.41. The number of halogens is 1. The van der Waals surface area contributed by atoms with E-state index in [1.807, 2.05) is 12.1 Å². The summed E-state index contributed by atoms with van der Waals surface area (Å²) in [7, 11) is 1.45. The number of benzene rings is 1. The molecular formula is C13H15BrO2. The molecule has 2 nitrogen and oxygen atoms in total. The number of esters is 1. The minimum atomic E-state index is -0.111. The van der Waals surface area contributed by atoms with E-state index in [0.717, 1.165) is 17.3 Å². The molecule has 0 aliphatic heterocycles. The number of rotatable bonds is 3. The van der Waals surface area contributed by atoms with E-state index >= 15 is 0 Å². The lowest BCUT2D eigenvalue weighted by Crippen LogP contribution is -2.36. The summed E-state index contributed by atoms with van der Waals surface area (Å²) in [5.41, 5.74) is 1.27. The quantitative estimate of drug-likeness (QED) is 0.794. The van der Waals surface area contributed by atoms with Gasteiger partial charge in [0.05, 0.1) is 13.5 Å². The first-order valence-electron chi connectivity index (χ1n) is 5.49. The minimum Gasteiger partial charge on any atom is -0.469 e. The maximum Gasteiger partial charge on any atom is 0.306 e. The van der Waals surface area contributed by atoms with Gasteiger partial charge in [0.15, 0.2) is 0 Å². The Balaban J connectivity index is 2.24. The monoisotopic (exact) mass is 282 g/mol. The number of hydrogen-bond donors (Lipinski definition) is 0. The van der Waals surface area contributed by atoms with E-state index < -0.39 is 0 Å². The highest BCUT2D eigenvalue weighted by Crippen LogP contribution is 2.47. The summed E-state index contributed by atoms with van der Waals surface area (Å²) in [5.74, 6) is -0.111. The predicted molar refractivity (Wildman–Crippen MR) is 66.3 cm³/mol. The Labute approximate surface area is 104 Å². The van der Waals surface area contributed by atoms with Gasteiger partial charge in [-0.3, -0.25) is 4.79 Å². The van der Waals surface area contributed by atoms with Crippen LogP contribution in [0.2, 0.25) is 0 Å². The van der Waals surface area contributed by atoms with Crippen molar-refractivity contribution in [1.29, 1.82) is 0 Å². The van der Waals surface area contributed by atoms with Gasteiger partial charge in [0.1, 0.15) is 0 Å². The molecule has 1 aliphatic carbocycles. The standard InChI is InChI=1S/C13H15BrO2/c1-16-12(15)9-13(6-3-7-13)10-4-2-5-11(14)8-10/h2,4-5,8H,3,6-7,9H2,1H3. The van der Waals surface area contributed by atoms with Gasteiger partial charge in [-0.15, -0.1) is 0 Å². The molecule has 1 aromatic rings. The van der Waals surface area contributed by atoms with E-state index in [9.17, 15) is 4.79 Å². The van der Waals surface area contributed by atoms with Crippen molar-refractivity contribution in [1.82, 2.24) is 0 Å². The van der Waals surface area contributed by atoms with Crippen molar-refractivity contribution in [3.8, 4) is 0 Å². The molecule has 1 aliphatic rings. The first-order valence-corrected chi connectivity index (χ1v) is 6.28. The van der Waals surface area contributed by atoms with Gasteiger partial charge in [-0.25, -0.2) is 0 Å². The lowest BCUT2D eigenvalue weighted by atomic mass is 9.62. The van der Waals surface area contributed by atoms with Crippen molar-refractivity contribution in [3.63, 3.8) is 0 Å². The lowest BCUT2D eigenvalue weighted by molar-refractivity contribution is -0.143. The second-order valence-electron chi connectivity index (χ2n) is 4.40. The van der Waals surface area contributed by atoms with E-state index in [4.69, 9.17) is 4.74 Å². The van der Waals surface area contributed by atoms with E-state index in [-0.39, 0.29) is 11.4 Å². The summed E-state index contributed by atoms with van der Waals surface area (Å²) < 4.78 is 5.85. The molecule has 0 atom stereocenters. The molecule has 0 aromatic heterocycles. The zero-order chi connectivity index (χ0) is 11.6. The van der Waals surface area contributed by atoms with Crippen LogP contribution in [0.25, 0.3) is 0 Å². The smallest absolute Gasteiger partial charge is 0.306 e. The van der Waals surface area contributed by atoms with Gasteiger partial charge in [0.2, 0.25) is 0 Å². The Morgan fingerprint density at radius 2 is 2.25 bits per heavy atom. The predicted octanol–water partition coefficient (Wildman–Crippen LogP) is 3.43. The second-order valence-corrected chi connectivity index (χ2v) is 5.31. The Bertz CT molecular complexity index is 397. The molecular weight excluding hydrogens is 268 g/mol. The summed E-state index contributed by atoms with van der Waals surface area (Å²) in [6.07, 6.45) is 3.86. The molecule has 16 heavy (non-hydrogen) atoms. The summed E-state index contributed by atoms with van der Waals surface area (Å²) >= 11 is 3.48. The summed E-state index contributed by atoms with van der Waals surface area (Å²) in [6.45, 7) is 0. The molecule has 0 heterocycles. The molecule has 1 saturated carbocycles. The van der Waals surface area contributed by atoms with Crippen LogP contribution in [-0.2, 0) is 14.9 Å². The molecule has 0 radical (unpaired) electrons. The Morgan fingerprint density at radius 1 is 1.50 bits per heavy atom. The number of carbonyl (C=O) groups excluding carboxylic acids is 1. The third-order valence-electron chi connectivity index (χ3n) is 3.46. The van der Waals surface area contributed by atoms with Crippen LogP contribution in [0.1, 0.15) is 31.2 Å². The van der Waals surface area contributed by atoms with Crippen LogP contribution in [0.3, 0.4) is 0 Å². The zero-order valence-corrected chi connectivity index (χ0v) is 10.9. The van der Waals surface area contributed by atoms with E-state index in [2.05, 4.69) is 28.1 Å². The molecule has 1 fully saturated rings. The molecule has 0 unspecified atom stereocenters. The second kappa shape index (κ2) is 4.58. The maximum atomic E-state index is 11.4. The average molecular weight is 283 g/mol. The normalized spacial score (nSPS) is 17.6. The first kappa shape index (κ1) is 11.6. The van der Waals surface area contributed by atoms with Gasteiger partial charge < -0.3 is 4.74 Å². The van der Waals surface area contributed by atoms with Crippen LogP contribution in [-0.4, -0.2) is 13.1 Å². The van der Waals surface area contributed by atoms with Gasteiger partial charge in [0.25, 0.3) is 0 Å². The third-order valence-corrected chi connectivity index (χ3v) is 3.95. The van der Waals surface area contributed by atoms with Crippen molar-refractivity contribution in [2.45, 2.75) is 31.1 Å². The van der Waals surface area contributed by atoms with Gasteiger partial charge >= 0.3 is 5.97 Å². The van der Waals surface area contributed by atoms with Gasteiger partial charge in [-0.2, -0.15) is 0 Å². The van der Waals surface area contributed by atoms with Gasteiger partial charge in [-0.05, 0) is 30.5 Å². The van der Waals surface area contributed by atoms with Crippen LogP contribution >= 0.6 is 15.9 Å². The van der Waals surface area contributed by atoms with Crippen LogP contribution in [0.15, 0.2) is 28.7 Å². The molecule has 0 N–H and O–H groups in total. The third kappa shape index (κ3) is 2.14. The fourth-order valence-corrected chi connectivity index (χ4v) is 2.74. The molecule has 86 valence electrons. The van der Waals surface area contributed by atoms with Gasteiger partial charge in [-0.1, -0.05) is 34.5 Å². The van der Waals surface area contributed by atoms with E-state index in [0.29, 0.717) is 6.42 Å². The SMILES string of the molecule is COC(=O)CC1(c2cccc(Br)c2)CCC1. The number of carbonyl (C=O) groups is 1. The number of hydrogen-bond acceptors (Lipinski definition) is 2. The van der Waals surface area contributed by atoms with Crippen molar-refractivity contribution in [2.75, 3.05) is 7.11 Å². The topological polar surface area (TPSA) is 26.3 Å². The average Bonchev–Trinajstić information content (AvgIpc) is 2.23. The van der Waals surface area contributed by atoms with E-state index in [1.165, 1.54) is 19.1 Å². The maximum absolute atomic E-state index is 11.4. The number of methoxy groups -OCH3 is 1. The molecule has 0 amide bonds. The largest absolute Gasteiger partial charge is 0.469 e. The Morgan fingerprint density at radius 3 is 2.75 bits per heavy atom. The highest BCUT2D eigenvalue weighted by Gasteiger charge is 2.40. The summed E-state index contributed by atoms with van der Waals surface area (Å²) in [4.78, 5) is 11.4. The highest BCUT2D eigenvalue weighted by atomic mass is 79.9. The molecule has 0 spiro atoms. The molecule has 1 aromatic carbocycles. The van der Waals surface area contributed by atoms with Crippen molar-refractivity contribution < 1.29 is 9.53 Å². The fourth-order valence-electron chi connectivity index (χ4n) is 2.34. The molecule has 0 saturated heterocycles. The van der Waals surface area contributed by atoms with Crippen molar-refractivity contribution in [3.05, 3.63) is 34.3 Å². The summed E-state index contributed by atoms with van der Waals surface area (Å²) in [5, 5.41) is 0. The summed E-state index contributed by atoms with van der Waals surface area (Å²) in [6, 6.07) is 8.25. The van der Waals surface area contributed by atoms with Crippen LogP contribution in [0.4, 0.5) is 0 Å². The van der Waals surface area contributed by atoms with Crippen LogP contribution < -0.4 is 0 Å². The van der Waals surface area contributed by atoms with Crippen LogP contribution in [0, 0.1) is 0 Å². The highest BCUT2D eigenvalue weighted by molar-refractivity contribution is 9.10. The Kier molecular flexibility index (Phi) is 3.33. The molecule has 0 bridgehead atoms. The fraction of sp³-hybridized carbons (Fsp3) is 0.462. The molecule has 3 heteroatoms. The van der Waals surface area contributed by atoms with Crippen LogP contribution in [0.5, 0.6) is 0 Å². The zero-order valence-electron chi connectivity index (χ0n) is 9.33. The minimum absolute atomic E-state index is 0.0247. The van der Waals surface area contributed by atoms with Crippen molar-refractivity contribution in [2.24, 2.45) is 0 Å². The van der Waals surface area contributed by atoms with Gasteiger partial charge in [0, 0.05) is 9.89 Å². The van der Waals surface area contributed by atoms with E-state index in [1.54, 1.807) is 0 Å². The Hall–Kier alpha value is -0.830.